The van der Waals surface area contributed by atoms with Crippen LogP contribution in [0.4, 0.5) is 15.8 Å². The fraction of sp³-hybridized carbons (Fsp3) is 0.263. The highest BCUT2D eigenvalue weighted by molar-refractivity contribution is 5.95. The molecule has 0 unspecified atom stereocenters. The molecule has 24 heavy (non-hydrogen) atoms. The highest BCUT2D eigenvalue weighted by atomic mass is 19.1. The van der Waals surface area contributed by atoms with Gasteiger partial charge in [0.25, 0.3) is 0 Å². The van der Waals surface area contributed by atoms with E-state index in [2.05, 4.69) is 10.6 Å². The highest BCUT2D eigenvalue weighted by Crippen LogP contribution is 2.30. The third-order valence-electron chi connectivity index (χ3n) is 3.89. The summed E-state index contributed by atoms with van der Waals surface area (Å²) in [6, 6.07) is 13.3. The SMILES string of the molecule is O=C(CCc1cccc(F)c1)Nc1cccc(NC(=O)C2CC2)c1. The van der Waals surface area contributed by atoms with E-state index in [0.717, 1.165) is 18.4 Å². The van der Waals surface area contributed by atoms with Gasteiger partial charge in [-0.1, -0.05) is 18.2 Å². The first-order chi connectivity index (χ1) is 11.6. The van der Waals surface area contributed by atoms with Gasteiger partial charge in [-0.05, 0) is 55.2 Å². The van der Waals surface area contributed by atoms with Crippen molar-refractivity contribution < 1.29 is 14.0 Å². The Bertz CT molecular complexity index is 757. The maximum atomic E-state index is 13.1. The summed E-state index contributed by atoms with van der Waals surface area (Å²) in [6.07, 6.45) is 2.63. The zero-order valence-corrected chi connectivity index (χ0v) is 13.2. The van der Waals surface area contributed by atoms with Crippen molar-refractivity contribution >= 4 is 23.2 Å². The molecule has 2 N–H and O–H groups in total. The van der Waals surface area contributed by atoms with Crippen molar-refractivity contribution in [1.29, 1.82) is 0 Å². The van der Waals surface area contributed by atoms with Crippen LogP contribution in [-0.4, -0.2) is 11.8 Å². The van der Waals surface area contributed by atoms with E-state index in [9.17, 15) is 14.0 Å². The van der Waals surface area contributed by atoms with E-state index in [-0.39, 0.29) is 30.0 Å². The number of nitrogens with one attached hydrogen (secondary N) is 2. The Morgan fingerprint density at radius 2 is 1.71 bits per heavy atom. The summed E-state index contributed by atoms with van der Waals surface area (Å²) < 4.78 is 13.1. The van der Waals surface area contributed by atoms with Crippen LogP contribution in [0.15, 0.2) is 48.5 Å². The summed E-state index contributed by atoms with van der Waals surface area (Å²) in [7, 11) is 0. The van der Waals surface area contributed by atoms with Gasteiger partial charge in [-0.25, -0.2) is 4.39 Å². The van der Waals surface area contributed by atoms with Crippen LogP contribution in [0.25, 0.3) is 0 Å². The molecule has 3 rings (SSSR count). The molecule has 0 spiro atoms. The number of benzene rings is 2. The lowest BCUT2D eigenvalue weighted by molar-refractivity contribution is -0.117. The molecule has 1 saturated carbocycles. The Morgan fingerprint density at radius 1 is 1.00 bits per heavy atom. The lowest BCUT2D eigenvalue weighted by Crippen LogP contribution is -2.15. The fourth-order valence-corrected chi connectivity index (χ4v) is 2.44. The van der Waals surface area contributed by atoms with E-state index in [1.807, 2.05) is 0 Å². The number of aryl methyl sites for hydroxylation is 1. The van der Waals surface area contributed by atoms with Gasteiger partial charge in [-0.2, -0.15) is 0 Å². The second-order valence-electron chi connectivity index (χ2n) is 6.02. The van der Waals surface area contributed by atoms with Crippen LogP contribution >= 0.6 is 0 Å². The number of anilines is 2. The van der Waals surface area contributed by atoms with Crippen LogP contribution in [0.5, 0.6) is 0 Å². The minimum Gasteiger partial charge on any atom is -0.326 e. The summed E-state index contributed by atoms with van der Waals surface area (Å²) in [5, 5.41) is 5.65. The molecule has 1 fully saturated rings. The van der Waals surface area contributed by atoms with Gasteiger partial charge in [-0.15, -0.1) is 0 Å². The molecule has 0 saturated heterocycles. The summed E-state index contributed by atoms with van der Waals surface area (Å²) in [5.41, 5.74) is 2.10. The number of carbonyl (C=O) groups excluding carboxylic acids is 2. The van der Waals surface area contributed by atoms with E-state index in [0.29, 0.717) is 17.8 Å². The predicted molar refractivity (Wildman–Crippen MR) is 91.1 cm³/mol. The molecule has 2 aromatic rings. The Morgan fingerprint density at radius 3 is 2.42 bits per heavy atom. The van der Waals surface area contributed by atoms with E-state index < -0.39 is 0 Å². The monoisotopic (exact) mass is 326 g/mol. The zero-order chi connectivity index (χ0) is 16.9. The lowest BCUT2D eigenvalue weighted by Gasteiger charge is -2.09. The van der Waals surface area contributed by atoms with Crippen LogP contribution in [0.3, 0.4) is 0 Å². The molecule has 1 aliphatic rings. The molecule has 5 heteroatoms. The van der Waals surface area contributed by atoms with Crippen LogP contribution in [-0.2, 0) is 16.0 Å². The Labute approximate surface area is 140 Å². The smallest absolute Gasteiger partial charge is 0.227 e. The molecular formula is C19H19FN2O2. The van der Waals surface area contributed by atoms with Crippen LogP contribution in [0.1, 0.15) is 24.8 Å². The number of amides is 2. The van der Waals surface area contributed by atoms with Crippen molar-refractivity contribution in [2.45, 2.75) is 25.7 Å². The second-order valence-corrected chi connectivity index (χ2v) is 6.02. The quantitative estimate of drug-likeness (QED) is 0.849. The van der Waals surface area contributed by atoms with Crippen molar-refractivity contribution in [3.63, 3.8) is 0 Å². The molecule has 0 aromatic heterocycles. The van der Waals surface area contributed by atoms with E-state index in [1.165, 1.54) is 12.1 Å². The highest BCUT2D eigenvalue weighted by Gasteiger charge is 2.29. The molecule has 0 bridgehead atoms. The molecule has 1 aliphatic carbocycles. The van der Waals surface area contributed by atoms with Gasteiger partial charge >= 0.3 is 0 Å². The maximum absolute atomic E-state index is 13.1. The Kier molecular flexibility index (Phi) is 4.89. The van der Waals surface area contributed by atoms with Crippen LogP contribution in [0, 0.1) is 11.7 Å². The maximum Gasteiger partial charge on any atom is 0.227 e. The number of hydrogen-bond donors (Lipinski definition) is 2. The van der Waals surface area contributed by atoms with E-state index >= 15 is 0 Å². The number of rotatable bonds is 6. The van der Waals surface area contributed by atoms with Crippen molar-refractivity contribution in [2.75, 3.05) is 10.6 Å². The van der Waals surface area contributed by atoms with Crippen molar-refractivity contribution in [1.82, 2.24) is 0 Å². The standard InChI is InChI=1S/C19H19FN2O2/c20-15-4-1-3-13(11-15)7-10-18(23)21-16-5-2-6-17(12-16)22-19(24)14-8-9-14/h1-6,11-12,14H,7-10H2,(H,21,23)(H,22,24). The number of carbonyl (C=O) groups is 2. The van der Waals surface area contributed by atoms with Gasteiger partial charge in [0, 0.05) is 23.7 Å². The van der Waals surface area contributed by atoms with Gasteiger partial charge in [0.15, 0.2) is 0 Å². The molecule has 2 aromatic carbocycles. The van der Waals surface area contributed by atoms with Crippen LogP contribution in [0.2, 0.25) is 0 Å². The average molecular weight is 326 g/mol. The topological polar surface area (TPSA) is 58.2 Å². The molecular weight excluding hydrogens is 307 g/mol. The largest absolute Gasteiger partial charge is 0.326 e. The third kappa shape index (κ3) is 4.65. The molecule has 0 atom stereocenters. The predicted octanol–water partition coefficient (Wildman–Crippen LogP) is 3.75. The van der Waals surface area contributed by atoms with Crippen molar-refractivity contribution in [3.8, 4) is 0 Å². The second kappa shape index (κ2) is 7.25. The van der Waals surface area contributed by atoms with Gasteiger partial charge in [-0.3, -0.25) is 9.59 Å². The summed E-state index contributed by atoms with van der Waals surface area (Å²) in [6.45, 7) is 0. The number of halogens is 1. The minimum absolute atomic E-state index is 0.0320. The lowest BCUT2D eigenvalue weighted by atomic mass is 10.1. The number of hydrogen-bond acceptors (Lipinski definition) is 2. The van der Waals surface area contributed by atoms with E-state index in [1.54, 1.807) is 36.4 Å². The molecule has 0 heterocycles. The van der Waals surface area contributed by atoms with E-state index in [4.69, 9.17) is 0 Å². The molecule has 0 aliphatic heterocycles. The minimum atomic E-state index is -0.299. The van der Waals surface area contributed by atoms with Crippen molar-refractivity contribution in [3.05, 3.63) is 59.9 Å². The van der Waals surface area contributed by atoms with Gasteiger partial charge in [0.1, 0.15) is 5.82 Å². The normalized spacial score (nSPS) is 13.4. The summed E-state index contributed by atoms with van der Waals surface area (Å²) >= 11 is 0. The Balaban J connectivity index is 1.53. The summed E-state index contributed by atoms with van der Waals surface area (Å²) in [5.74, 6) is -0.281. The van der Waals surface area contributed by atoms with Gasteiger partial charge in [0.2, 0.25) is 11.8 Å². The van der Waals surface area contributed by atoms with Crippen LogP contribution < -0.4 is 10.6 Å². The first-order valence-electron chi connectivity index (χ1n) is 8.05. The molecule has 124 valence electrons. The summed E-state index contributed by atoms with van der Waals surface area (Å²) in [4.78, 5) is 23.8. The third-order valence-corrected chi connectivity index (χ3v) is 3.89. The first-order valence-corrected chi connectivity index (χ1v) is 8.05. The molecule has 2 amide bonds. The van der Waals surface area contributed by atoms with Crippen molar-refractivity contribution in [2.24, 2.45) is 5.92 Å². The Hall–Kier alpha value is -2.69. The average Bonchev–Trinajstić information content (AvgIpc) is 3.38. The fourth-order valence-electron chi connectivity index (χ4n) is 2.44. The first kappa shape index (κ1) is 16.2. The molecule has 4 nitrogen and oxygen atoms in total. The zero-order valence-electron chi connectivity index (χ0n) is 13.2. The van der Waals surface area contributed by atoms with Gasteiger partial charge < -0.3 is 10.6 Å². The van der Waals surface area contributed by atoms with Gasteiger partial charge in [0.05, 0.1) is 0 Å². The molecule has 0 radical (unpaired) electrons.